The van der Waals surface area contributed by atoms with Crippen molar-refractivity contribution < 1.29 is 9.90 Å². The van der Waals surface area contributed by atoms with Gasteiger partial charge in [0.1, 0.15) is 0 Å². The molecule has 0 saturated heterocycles. The lowest BCUT2D eigenvalue weighted by Crippen LogP contribution is -2.35. The van der Waals surface area contributed by atoms with E-state index in [2.05, 4.69) is 5.32 Å². The molecule has 1 rings (SSSR count). The molecule has 1 aliphatic carbocycles. The molecule has 0 heterocycles. The molecular weight excluding hydrogens is 180 g/mol. The van der Waals surface area contributed by atoms with E-state index in [0.717, 1.165) is 45.2 Å². The maximum absolute atomic E-state index is 10.7. The van der Waals surface area contributed by atoms with Gasteiger partial charge in [-0.25, -0.2) is 0 Å². The van der Waals surface area contributed by atoms with Gasteiger partial charge in [0.15, 0.2) is 0 Å². The third-order valence-electron chi connectivity index (χ3n) is 2.89. The van der Waals surface area contributed by atoms with Gasteiger partial charge in [0.05, 0.1) is 5.92 Å². The van der Waals surface area contributed by atoms with Crippen LogP contribution in [-0.2, 0) is 4.79 Å². The lowest BCUT2D eigenvalue weighted by Gasteiger charge is -2.26. The Morgan fingerprint density at radius 2 is 2.00 bits per heavy atom. The van der Waals surface area contributed by atoms with Crippen LogP contribution in [0.25, 0.3) is 0 Å². The van der Waals surface area contributed by atoms with Crippen LogP contribution in [0.5, 0.6) is 0 Å². The van der Waals surface area contributed by atoms with Crippen molar-refractivity contribution in [2.75, 3.05) is 13.1 Å². The topological polar surface area (TPSA) is 75.3 Å². The molecule has 0 aromatic rings. The van der Waals surface area contributed by atoms with Crippen LogP contribution >= 0.6 is 0 Å². The van der Waals surface area contributed by atoms with Gasteiger partial charge in [0.2, 0.25) is 0 Å². The Kier molecular flexibility index (Phi) is 4.90. The molecule has 0 unspecified atom stereocenters. The van der Waals surface area contributed by atoms with Crippen molar-refractivity contribution in [3.63, 3.8) is 0 Å². The van der Waals surface area contributed by atoms with Crippen LogP contribution in [0.15, 0.2) is 0 Å². The normalized spacial score (nSPS) is 27.5. The molecular formula is C10H20N2O2. The zero-order valence-electron chi connectivity index (χ0n) is 8.54. The second-order valence-corrected chi connectivity index (χ2v) is 3.98. The number of rotatable bonds is 5. The second-order valence-electron chi connectivity index (χ2n) is 3.98. The summed E-state index contributed by atoms with van der Waals surface area (Å²) in [4.78, 5) is 10.7. The summed E-state index contributed by atoms with van der Waals surface area (Å²) in [6.45, 7) is 1.68. The summed E-state index contributed by atoms with van der Waals surface area (Å²) < 4.78 is 0. The quantitative estimate of drug-likeness (QED) is 0.567. The molecule has 4 heteroatoms. The maximum Gasteiger partial charge on any atom is 0.306 e. The Morgan fingerprint density at radius 3 is 2.50 bits per heavy atom. The van der Waals surface area contributed by atoms with Gasteiger partial charge >= 0.3 is 5.97 Å². The van der Waals surface area contributed by atoms with Crippen molar-refractivity contribution in [2.24, 2.45) is 11.7 Å². The molecule has 4 N–H and O–H groups in total. The first-order valence-electron chi connectivity index (χ1n) is 5.40. The molecule has 1 aliphatic rings. The monoisotopic (exact) mass is 200 g/mol. The standard InChI is InChI=1S/C10H20N2O2/c11-6-1-7-12-9-4-2-8(3-5-9)10(13)14/h8-9,12H,1-7,11H2,(H,13,14). The summed E-state index contributed by atoms with van der Waals surface area (Å²) >= 11 is 0. The van der Waals surface area contributed by atoms with Gasteiger partial charge < -0.3 is 16.2 Å². The fraction of sp³-hybridized carbons (Fsp3) is 0.900. The number of carbonyl (C=O) groups is 1. The Morgan fingerprint density at radius 1 is 1.36 bits per heavy atom. The molecule has 0 spiro atoms. The third-order valence-corrected chi connectivity index (χ3v) is 2.89. The summed E-state index contributed by atoms with van der Waals surface area (Å²) in [6, 6.07) is 0.511. The zero-order valence-corrected chi connectivity index (χ0v) is 8.54. The minimum absolute atomic E-state index is 0.109. The van der Waals surface area contributed by atoms with Crippen molar-refractivity contribution in [3.05, 3.63) is 0 Å². The lowest BCUT2D eigenvalue weighted by atomic mass is 9.86. The highest BCUT2D eigenvalue weighted by atomic mass is 16.4. The molecule has 0 amide bonds. The van der Waals surface area contributed by atoms with Crippen LogP contribution in [0.1, 0.15) is 32.1 Å². The van der Waals surface area contributed by atoms with Crippen LogP contribution in [-0.4, -0.2) is 30.2 Å². The fourth-order valence-corrected chi connectivity index (χ4v) is 1.95. The molecule has 0 aromatic heterocycles. The number of hydrogen-bond donors (Lipinski definition) is 3. The Labute approximate surface area is 84.9 Å². The predicted octanol–water partition coefficient (Wildman–Crippen LogP) is 0.568. The van der Waals surface area contributed by atoms with E-state index in [1.165, 1.54) is 0 Å². The lowest BCUT2D eigenvalue weighted by molar-refractivity contribution is -0.142. The molecule has 0 aliphatic heterocycles. The molecule has 1 saturated carbocycles. The van der Waals surface area contributed by atoms with Gasteiger partial charge in [-0.1, -0.05) is 0 Å². The minimum Gasteiger partial charge on any atom is -0.481 e. The summed E-state index contributed by atoms with van der Waals surface area (Å²) in [6.07, 6.45) is 4.60. The van der Waals surface area contributed by atoms with E-state index in [-0.39, 0.29) is 5.92 Å². The van der Waals surface area contributed by atoms with E-state index in [4.69, 9.17) is 10.8 Å². The first-order valence-corrected chi connectivity index (χ1v) is 5.40. The van der Waals surface area contributed by atoms with E-state index < -0.39 is 5.97 Å². The molecule has 0 atom stereocenters. The van der Waals surface area contributed by atoms with Gasteiger partial charge in [0.25, 0.3) is 0 Å². The Hall–Kier alpha value is -0.610. The van der Waals surface area contributed by atoms with Crippen molar-refractivity contribution in [3.8, 4) is 0 Å². The zero-order chi connectivity index (χ0) is 10.4. The van der Waals surface area contributed by atoms with Crippen molar-refractivity contribution in [2.45, 2.75) is 38.1 Å². The molecule has 4 nitrogen and oxygen atoms in total. The summed E-state index contributed by atoms with van der Waals surface area (Å²) in [5, 5.41) is 12.2. The number of nitrogens with two attached hydrogens (primary N) is 1. The van der Waals surface area contributed by atoms with Crippen LogP contribution in [0.3, 0.4) is 0 Å². The summed E-state index contributed by atoms with van der Waals surface area (Å²) in [5.74, 6) is -0.743. The average molecular weight is 200 g/mol. The van der Waals surface area contributed by atoms with Crippen LogP contribution in [0.4, 0.5) is 0 Å². The second kappa shape index (κ2) is 5.98. The van der Waals surface area contributed by atoms with Gasteiger partial charge in [-0.05, 0) is 45.2 Å². The van der Waals surface area contributed by atoms with E-state index in [1.807, 2.05) is 0 Å². The highest BCUT2D eigenvalue weighted by Crippen LogP contribution is 2.24. The molecule has 0 radical (unpaired) electrons. The first kappa shape index (κ1) is 11.5. The molecule has 82 valence electrons. The number of nitrogens with one attached hydrogen (secondary N) is 1. The van der Waals surface area contributed by atoms with Crippen molar-refractivity contribution in [1.82, 2.24) is 5.32 Å². The van der Waals surface area contributed by atoms with E-state index in [9.17, 15) is 4.79 Å². The van der Waals surface area contributed by atoms with Gasteiger partial charge in [-0.3, -0.25) is 4.79 Å². The third kappa shape index (κ3) is 3.64. The highest BCUT2D eigenvalue weighted by molar-refractivity contribution is 5.70. The average Bonchev–Trinajstić information content (AvgIpc) is 2.19. The van der Waals surface area contributed by atoms with E-state index in [1.54, 1.807) is 0 Å². The molecule has 0 bridgehead atoms. The molecule has 14 heavy (non-hydrogen) atoms. The Bertz CT molecular complexity index is 177. The summed E-state index contributed by atoms with van der Waals surface area (Å²) in [5.41, 5.74) is 5.39. The van der Waals surface area contributed by atoms with E-state index >= 15 is 0 Å². The predicted molar refractivity (Wildman–Crippen MR) is 55.1 cm³/mol. The summed E-state index contributed by atoms with van der Waals surface area (Å²) in [7, 11) is 0. The Balaban J connectivity index is 2.12. The van der Waals surface area contributed by atoms with Crippen LogP contribution in [0.2, 0.25) is 0 Å². The maximum atomic E-state index is 10.7. The highest BCUT2D eigenvalue weighted by Gasteiger charge is 2.25. The minimum atomic E-state index is -0.634. The van der Waals surface area contributed by atoms with Gasteiger partial charge in [-0.15, -0.1) is 0 Å². The fourth-order valence-electron chi connectivity index (χ4n) is 1.95. The first-order chi connectivity index (χ1) is 6.74. The number of aliphatic carboxylic acids is 1. The smallest absolute Gasteiger partial charge is 0.306 e. The van der Waals surface area contributed by atoms with Crippen LogP contribution < -0.4 is 11.1 Å². The molecule has 0 aromatic carbocycles. The van der Waals surface area contributed by atoms with Crippen molar-refractivity contribution >= 4 is 5.97 Å². The number of carboxylic acid groups (broad SMARTS) is 1. The SMILES string of the molecule is NCCCNC1CCC(C(=O)O)CC1. The van der Waals surface area contributed by atoms with Gasteiger partial charge in [-0.2, -0.15) is 0 Å². The van der Waals surface area contributed by atoms with Crippen molar-refractivity contribution in [1.29, 1.82) is 0 Å². The van der Waals surface area contributed by atoms with E-state index in [0.29, 0.717) is 6.04 Å². The number of carboxylic acids is 1. The van der Waals surface area contributed by atoms with Crippen LogP contribution in [0, 0.1) is 5.92 Å². The molecule has 1 fully saturated rings. The van der Waals surface area contributed by atoms with Gasteiger partial charge in [0, 0.05) is 6.04 Å². The number of hydrogen-bond acceptors (Lipinski definition) is 3. The largest absolute Gasteiger partial charge is 0.481 e.